The molecule has 0 fully saturated rings. The number of nitrogens with zero attached hydrogens (tertiary/aromatic N) is 1. The number of unbranched alkanes of at least 4 members (excludes halogenated alkanes) is 1. The molecule has 0 unspecified atom stereocenters. The Labute approximate surface area is 105 Å². The summed E-state index contributed by atoms with van der Waals surface area (Å²) in [7, 11) is 0. The van der Waals surface area contributed by atoms with Gasteiger partial charge in [-0.2, -0.15) is 5.26 Å². The van der Waals surface area contributed by atoms with Crippen LogP contribution in [0.4, 0.5) is 0 Å². The van der Waals surface area contributed by atoms with Crippen LogP contribution in [0, 0.1) is 18.3 Å². The maximum atomic E-state index is 8.45. The fraction of sp³-hybridized carbons (Fsp3) is 0.533. The van der Waals surface area contributed by atoms with Crippen molar-refractivity contribution in [2.75, 3.05) is 6.54 Å². The average Bonchev–Trinajstić information content (AvgIpc) is 2.30. The van der Waals surface area contributed by atoms with Crippen LogP contribution in [-0.4, -0.2) is 6.54 Å². The zero-order chi connectivity index (χ0) is 12.7. The molecule has 0 radical (unpaired) electrons. The third-order valence-electron chi connectivity index (χ3n) is 3.00. The van der Waals surface area contributed by atoms with E-state index in [9.17, 15) is 0 Å². The van der Waals surface area contributed by atoms with Crippen LogP contribution in [0.3, 0.4) is 0 Å². The Balaban J connectivity index is 2.52. The lowest BCUT2D eigenvalue weighted by molar-refractivity contribution is 0.654. The summed E-state index contributed by atoms with van der Waals surface area (Å²) in [5.41, 5.74) is 4.10. The highest BCUT2D eigenvalue weighted by atomic mass is 14.8. The summed E-state index contributed by atoms with van der Waals surface area (Å²) in [6.45, 7) is 8.40. The van der Waals surface area contributed by atoms with Gasteiger partial charge in [0.2, 0.25) is 0 Å². The number of nitrogens with one attached hydrogen (secondary N) is 1. The maximum Gasteiger partial charge on any atom is 0.0622 e. The molecule has 0 amide bonds. The normalized spacial score (nSPS) is 10.5. The number of benzene rings is 1. The molecule has 0 saturated carbocycles. The van der Waals surface area contributed by atoms with Crippen molar-refractivity contribution in [3.05, 3.63) is 34.9 Å². The summed E-state index contributed by atoms with van der Waals surface area (Å²) in [5.74, 6) is 0.577. The molecular formula is C15H22N2. The van der Waals surface area contributed by atoms with Crippen molar-refractivity contribution in [3.63, 3.8) is 0 Å². The minimum absolute atomic E-state index is 0.577. The van der Waals surface area contributed by atoms with Crippen molar-refractivity contribution >= 4 is 0 Å². The molecule has 0 aromatic heterocycles. The van der Waals surface area contributed by atoms with E-state index in [1.165, 1.54) is 16.7 Å². The van der Waals surface area contributed by atoms with Gasteiger partial charge in [-0.3, -0.25) is 0 Å². The van der Waals surface area contributed by atoms with E-state index >= 15 is 0 Å². The van der Waals surface area contributed by atoms with Crippen LogP contribution in [0.15, 0.2) is 18.2 Å². The first kappa shape index (κ1) is 13.7. The Morgan fingerprint density at radius 3 is 2.76 bits per heavy atom. The summed E-state index contributed by atoms with van der Waals surface area (Å²) in [4.78, 5) is 0. The number of aryl methyl sites for hydroxylation is 1. The Bertz CT molecular complexity index is 388. The van der Waals surface area contributed by atoms with Gasteiger partial charge in [-0.25, -0.2) is 0 Å². The highest BCUT2D eigenvalue weighted by molar-refractivity contribution is 5.32. The molecule has 0 bridgehead atoms. The van der Waals surface area contributed by atoms with E-state index in [0.29, 0.717) is 12.3 Å². The van der Waals surface area contributed by atoms with Crippen LogP contribution in [0.25, 0.3) is 0 Å². The fourth-order valence-electron chi connectivity index (χ4n) is 1.76. The lowest BCUT2D eigenvalue weighted by atomic mass is 9.98. The minimum atomic E-state index is 0.577. The Morgan fingerprint density at radius 2 is 2.12 bits per heavy atom. The Morgan fingerprint density at radius 1 is 1.35 bits per heavy atom. The van der Waals surface area contributed by atoms with Crippen molar-refractivity contribution in [2.24, 2.45) is 0 Å². The van der Waals surface area contributed by atoms with Gasteiger partial charge in [0, 0.05) is 13.0 Å². The molecule has 1 aromatic rings. The number of hydrogen-bond acceptors (Lipinski definition) is 2. The molecule has 0 aliphatic carbocycles. The second kappa shape index (κ2) is 7.09. The molecule has 17 heavy (non-hydrogen) atoms. The molecule has 0 aliphatic rings. The van der Waals surface area contributed by atoms with E-state index in [1.54, 1.807) is 0 Å². The minimum Gasteiger partial charge on any atom is -0.313 e. The number of nitriles is 1. The molecule has 0 spiro atoms. The Hall–Kier alpha value is -1.33. The van der Waals surface area contributed by atoms with Gasteiger partial charge in [-0.15, -0.1) is 0 Å². The zero-order valence-electron chi connectivity index (χ0n) is 11.1. The van der Waals surface area contributed by atoms with Crippen molar-refractivity contribution in [2.45, 2.75) is 46.1 Å². The quantitative estimate of drug-likeness (QED) is 0.759. The van der Waals surface area contributed by atoms with E-state index in [1.807, 2.05) is 0 Å². The van der Waals surface area contributed by atoms with Gasteiger partial charge in [-0.1, -0.05) is 32.0 Å². The van der Waals surface area contributed by atoms with E-state index in [-0.39, 0.29) is 0 Å². The van der Waals surface area contributed by atoms with Gasteiger partial charge in [0.25, 0.3) is 0 Å². The van der Waals surface area contributed by atoms with Crippen LogP contribution >= 0.6 is 0 Å². The summed E-state index contributed by atoms with van der Waals surface area (Å²) in [6.07, 6.45) is 1.57. The van der Waals surface area contributed by atoms with Crippen LogP contribution in [0.5, 0.6) is 0 Å². The third kappa shape index (κ3) is 4.58. The van der Waals surface area contributed by atoms with E-state index in [4.69, 9.17) is 5.26 Å². The predicted octanol–water partition coefficient (Wildman–Crippen LogP) is 3.51. The summed E-state index contributed by atoms with van der Waals surface area (Å²) >= 11 is 0. The van der Waals surface area contributed by atoms with Gasteiger partial charge in [0.15, 0.2) is 0 Å². The molecule has 1 N–H and O–H groups in total. The lowest BCUT2D eigenvalue weighted by Crippen LogP contribution is -2.15. The monoisotopic (exact) mass is 230 g/mol. The molecule has 1 aromatic carbocycles. The van der Waals surface area contributed by atoms with Gasteiger partial charge < -0.3 is 5.32 Å². The third-order valence-corrected chi connectivity index (χ3v) is 3.00. The van der Waals surface area contributed by atoms with Gasteiger partial charge in [0.1, 0.15) is 0 Å². The standard InChI is InChI=1S/C15H22N2/c1-12(2)14-7-6-13(3)15(10-14)11-17-9-5-4-8-16/h6-7,10,12,17H,4-5,9,11H2,1-3H3. The predicted molar refractivity (Wildman–Crippen MR) is 71.8 cm³/mol. The fourth-order valence-corrected chi connectivity index (χ4v) is 1.76. The van der Waals surface area contributed by atoms with E-state index in [2.05, 4.69) is 50.4 Å². The highest BCUT2D eigenvalue weighted by Gasteiger charge is 2.03. The molecule has 0 saturated heterocycles. The SMILES string of the molecule is Cc1ccc(C(C)C)cc1CNCCCC#N. The molecule has 2 heteroatoms. The highest BCUT2D eigenvalue weighted by Crippen LogP contribution is 2.18. The second-order valence-electron chi connectivity index (χ2n) is 4.78. The van der Waals surface area contributed by atoms with Crippen molar-refractivity contribution < 1.29 is 0 Å². The second-order valence-corrected chi connectivity index (χ2v) is 4.78. The van der Waals surface area contributed by atoms with Gasteiger partial charge in [-0.05, 0) is 42.5 Å². The average molecular weight is 230 g/mol. The maximum absolute atomic E-state index is 8.45. The molecule has 0 atom stereocenters. The van der Waals surface area contributed by atoms with Crippen LogP contribution in [-0.2, 0) is 6.54 Å². The summed E-state index contributed by atoms with van der Waals surface area (Å²) in [5, 5.41) is 11.8. The first-order valence-corrected chi connectivity index (χ1v) is 6.32. The summed E-state index contributed by atoms with van der Waals surface area (Å²) < 4.78 is 0. The molecule has 1 rings (SSSR count). The van der Waals surface area contributed by atoms with Gasteiger partial charge in [0.05, 0.1) is 6.07 Å². The van der Waals surface area contributed by atoms with Crippen molar-refractivity contribution in [1.29, 1.82) is 5.26 Å². The van der Waals surface area contributed by atoms with Crippen LogP contribution in [0.1, 0.15) is 49.3 Å². The largest absolute Gasteiger partial charge is 0.313 e. The van der Waals surface area contributed by atoms with E-state index in [0.717, 1.165) is 19.5 Å². The molecule has 92 valence electrons. The van der Waals surface area contributed by atoms with Crippen molar-refractivity contribution in [1.82, 2.24) is 5.32 Å². The first-order chi connectivity index (χ1) is 8.15. The smallest absolute Gasteiger partial charge is 0.0622 e. The first-order valence-electron chi connectivity index (χ1n) is 6.32. The molecule has 0 heterocycles. The van der Waals surface area contributed by atoms with Crippen LogP contribution < -0.4 is 5.32 Å². The Kier molecular flexibility index (Phi) is 5.72. The number of rotatable bonds is 6. The summed E-state index contributed by atoms with van der Waals surface area (Å²) in [6, 6.07) is 8.85. The van der Waals surface area contributed by atoms with Crippen molar-refractivity contribution in [3.8, 4) is 6.07 Å². The molecular weight excluding hydrogens is 208 g/mol. The molecule has 0 aliphatic heterocycles. The molecule has 2 nitrogen and oxygen atoms in total. The lowest BCUT2D eigenvalue weighted by Gasteiger charge is -2.12. The van der Waals surface area contributed by atoms with Gasteiger partial charge >= 0.3 is 0 Å². The topological polar surface area (TPSA) is 35.8 Å². The van der Waals surface area contributed by atoms with E-state index < -0.39 is 0 Å². The zero-order valence-corrected chi connectivity index (χ0v) is 11.1. The van der Waals surface area contributed by atoms with Crippen LogP contribution in [0.2, 0.25) is 0 Å². The number of hydrogen-bond donors (Lipinski definition) is 1.